The van der Waals surface area contributed by atoms with Gasteiger partial charge in [-0.3, -0.25) is 23.7 Å². The number of esters is 1. The van der Waals surface area contributed by atoms with E-state index in [2.05, 4.69) is 32.3 Å². The third-order valence-electron chi connectivity index (χ3n) is 14.2. The minimum absolute atomic E-state index is 0.00285. The van der Waals surface area contributed by atoms with Crippen LogP contribution in [0.25, 0.3) is 10.1 Å². The lowest BCUT2D eigenvalue weighted by molar-refractivity contribution is -0.148. The van der Waals surface area contributed by atoms with Crippen LogP contribution < -0.4 is 10.4 Å². The van der Waals surface area contributed by atoms with E-state index in [4.69, 9.17) is 9.26 Å². The van der Waals surface area contributed by atoms with Crippen molar-refractivity contribution in [3.05, 3.63) is 70.6 Å². The number of nitrogens with one attached hydrogen (secondary N) is 2. The first-order chi connectivity index (χ1) is 30.2. The summed E-state index contributed by atoms with van der Waals surface area (Å²) in [6.45, 7) is 5.90. The van der Waals surface area contributed by atoms with Gasteiger partial charge in [0.1, 0.15) is 24.3 Å². The fourth-order valence-electron chi connectivity index (χ4n) is 10.4. The molecule has 3 aromatic rings. The molecule has 1 unspecified atom stereocenters. The van der Waals surface area contributed by atoms with Crippen molar-refractivity contribution < 1.29 is 41.8 Å². The zero-order chi connectivity index (χ0) is 44.6. The first-order valence-corrected chi connectivity index (χ1v) is 25.5. The molecule has 3 aliphatic heterocycles. The van der Waals surface area contributed by atoms with E-state index in [1.165, 1.54) is 36.0 Å². The van der Waals surface area contributed by atoms with Gasteiger partial charge in [-0.1, -0.05) is 50.2 Å². The monoisotopic (exact) mass is 909 g/mol. The molecule has 342 valence electrons. The molecule has 3 amide bonds. The van der Waals surface area contributed by atoms with E-state index in [0.29, 0.717) is 79.3 Å². The Hall–Kier alpha value is -3.75. The predicted molar refractivity (Wildman–Crippen MR) is 239 cm³/mol. The summed E-state index contributed by atoms with van der Waals surface area (Å²) in [4.78, 5) is 62.8. The van der Waals surface area contributed by atoms with Crippen molar-refractivity contribution in [1.82, 2.24) is 25.1 Å². The molecule has 3 saturated heterocycles. The molecule has 2 aromatic carbocycles. The second-order valence-corrected chi connectivity index (χ2v) is 21.8. The van der Waals surface area contributed by atoms with Crippen molar-refractivity contribution in [2.24, 2.45) is 0 Å². The number of rotatable bonds is 16. The zero-order valence-electron chi connectivity index (χ0n) is 36.8. The average molecular weight is 910 g/mol. The molecule has 5 fully saturated rings. The normalized spacial score (nSPS) is 28.5. The molecule has 1 spiro atoms. The molecule has 0 radical (unpaired) electrons. The van der Waals surface area contributed by atoms with Crippen LogP contribution in [0.5, 0.6) is 0 Å². The number of likely N-dealkylation sites (tertiary alicyclic amines) is 1. The molecule has 63 heavy (non-hydrogen) atoms. The number of hydrogen-bond acceptors (Lipinski definition) is 9. The van der Waals surface area contributed by atoms with E-state index >= 15 is 4.39 Å². The van der Waals surface area contributed by atoms with Gasteiger partial charge in [0.05, 0.1) is 18.1 Å². The number of alkyl halides is 2. The van der Waals surface area contributed by atoms with Gasteiger partial charge in [-0.25, -0.2) is 13.9 Å². The minimum atomic E-state index is -4.27. The third kappa shape index (κ3) is 9.50. The van der Waals surface area contributed by atoms with Crippen LogP contribution in [0.1, 0.15) is 130 Å². The molecule has 4 heterocycles. The Labute approximate surface area is 373 Å². The number of nitrogens with zero attached hydrogens (tertiary/aromatic N) is 3. The largest absolute Gasteiger partial charge is 0.465 e. The molecule has 2 N–H and O–H groups in total. The number of carbonyl (C=O) groups is 4. The van der Waals surface area contributed by atoms with Gasteiger partial charge in [0.25, 0.3) is 5.91 Å². The van der Waals surface area contributed by atoms with Gasteiger partial charge in [-0.05, 0) is 126 Å². The van der Waals surface area contributed by atoms with Gasteiger partial charge in [0.15, 0.2) is 0 Å². The summed E-state index contributed by atoms with van der Waals surface area (Å²) in [5.74, 6) is -3.27. The number of hydrogen-bond donors (Lipinski definition) is 2. The van der Waals surface area contributed by atoms with Gasteiger partial charge < -0.3 is 29.3 Å². The summed E-state index contributed by atoms with van der Waals surface area (Å²) in [5, 5.41) is 6.18. The molecule has 8 rings (SSSR count). The van der Waals surface area contributed by atoms with E-state index in [1.807, 2.05) is 32.2 Å². The number of amides is 3. The van der Waals surface area contributed by atoms with Crippen LogP contribution in [-0.2, 0) is 28.2 Å². The molecule has 8 atom stereocenters. The minimum Gasteiger partial charge on any atom is -0.465 e. The number of thiophene rings is 1. The summed E-state index contributed by atoms with van der Waals surface area (Å²) < 4.78 is 55.9. The highest BCUT2D eigenvalue weighted by molar-refractivity contribution is 7.57. The van der Waals surface area contributed by atoms with Crippen molar-refractivity contribution in [2.75, 3.05) is 26.8 Å². The maximum absolute atomic E-state index is 16.4. The van der Waals surface area contributed by atoms with Crippen LogP contribution in [0.15, 0.2) is 54.6 Å². The highest BCUT2D eigenvalue weighted by atomic mass is 32.1. The molecule has 0 bridgehead atoms. The first kappa shape index (κ1) is 45.8. The molecule has 2 aliphatic carbocycles. The van der Waals surface area contributed by atoms with Crippen LogP contribution in [0.3, 0.4) is 0 Å². The quantitative estimate of drug-likeness (QED) is 0.107. The average Bonchev–Trinajstić information content (AvgIpc) is 3.55. The summed E-state index contributed by atoms with van der Waals surface area (Å²) in [7, 11) is -2.24. The SMILES string of the molecule is CCCOC(=O)[C@H](C)NP(=O)(OCCC)[C@@H](F)c1ccc2sc(C(=O)N[C@H]3CC[C@H](N(C)C4CC(F)C4)C[C@H]4CC[C@@H](C(=O)N5C[C@H](c6ccccc6)CC56CC6)N4C3=O)cc2c1. The van der Waals surface area contributed by atoms with Crippen molar-refractivity contribution in [1.29, 1.82) is 0 Å². The lowest BCUT2D eigenvalue weighted by atomic mass is 9.86. The van der Waals surface area contributed by atoms with Crippen molar-refractivity contribution >= 4 is 52.6 Å². The van der Waals surface area contributed by atoms with Gasteiger partial charge in [-0.2, -0.15) is 0 Å². The second kappa shape index (κ2) is 19.0. The highest BCUT2D eigenvalue weighted by Crippen LogP contribution is 2.58. The van der Waals surface area contributed by atoms with Crippen LogP contribution in [0, 0.1) is 0 Å². The molecular weight excluding hydrogens is 848 g/mol. The highest BCUT2D eigenvalue weighted by Gasteiger charge is 2.59. The van der Waals surface area contributed by atoms with Gasteiger partial charge in [-0.15, -0.1) is 11.3 Å². The van der Waals surface area contributed by atoms with Crippen LogP contribution in [0.4, 0.5) is 8.78 Å². The van der Waals surface area contributed by atoms with Gasteiger partial charge in [0, 0.05) is 40.8 Å². The standard InChI is InChI=1S/C47H62F2N5O7PS/c1-5-20-60-46(58)29(3)51-62(59,61-21-6-2)42(49)31-12-17-40-32(22-31)23-41(63-40)43(55)50-38-15-13-35(52(4)37-24-34(48)25-37)26-36-14-16-39(54(36)44(38)56)45(57)53-28-33(27-47(53)18-19-47)30-10-8-7-9-11-30/h7-12,17,22-23,29,33-39,42H,5-6,13-16,18-21,24-28H2,1-4H3,(H,50,55)(H,51,59)/t29-,33+,34?,35-,36+,37?,38-,39-,42+,62?/m0/s1. The van der Waals surface area contributed by atoms with E-state index in [0.717, 1.165) is 19.3 Å². The Bertz CT molecular complexity index is 2200. The fourth-order valence-corrected chi connectivity index (χ4v) is 13.3. The molecule has 1 aromatic heterocycles. The number of ether oxygens (including phenoxy) is 1. The molecule has 2 saturated carbocycles. The topological polar surface area (TPSA) is 138 Å². The Morgan fingerprint density at radius 1 is 0.984 bits per heavy atom. The van der Waals surface area contributed by atoms with Crippen molar-refractivity contribution in [3.63, 3.8) is 0 Å². The van der Waals surface area contributed by atoms with Crippen molar-refractivity contribution in [3.8, 4) is 0 Å². The lowest BCUT2D eigenvalue weighted by Crippen LogP contribution is -2.59. The smallest absolute Gasteiger partial charge is 0.323 e. The second-order valence-electron chi connectivity index (χ2n) is 18.6. The Morgan fingerprint density at radius 2 is 1.73 bits per heavy atom. The van der Waals surface area contributed by atoms with E-state index < -0.39 is 49.6 Å². The summed E-state index contributed by atoms with van der Waals surface area (Å²) in [5.41, 5.74) is 1.10. The fraction of sp³-hybridized carbons (Fsp3) is 0.617. The Morgan fingerprint density at radius 3 is 2.43 bits per heavy atom. The maximum Gasteiger partial charge on any atom is 0.323 e. The predicted octanol–water partition coefficient (Wildman–Crippen LogP) is 8.41. The summed E-state index contributed by atoms with van der Waals surface area (Å²) in [6, 6.07) is 14.0. The number of carbonyl (C=O) groups excluding carboxylic acids is 4. The van der Waals surface area contributed by atoms with Crippen LogP contribution in [-0.4, -0.2) is 113 Å². The maximum atomic E-state index is 16.4. The number of fused-ring (bicyclic) bond motifs is 2. The first-order valence-electron chi connectivity index (χ1n) is 23.0. The molecule has 5 aliphatic rings. The lowest BCUT2D eigenvalue weighted by Gasteiger charge is -2.45. The Kier molecular flexibility index (Phi) is 13.8. The van der Waals surface area contributed by atoms with Crippen LogP contribution in [0.2, 0.25) is 0 Å². The zero-order valence-corrected chi connectivity index (χ0v) is 38.5. The van der Waals surface area contributed by atoms with E-state index in [9.17, 15) is 28.1 Å². The van der Waals surface area contributed by atoms with Gasteiger partial charge >= 0.3 is 13.5 Å². The number of benzene rings is 2. The summed E-state index contributed by atoms with van der Waals surface area (Å²) >= 11 is 1.19. The molecule has 12 nitrogen and oxygen atoms in total. The number of halogens is 2. The van der Waals surface area contributed by atoms with E-state index in [-0.39, 0.29) is 60.2 Å². The third-order valence-corrected chi connectivity index (χ3v) is 17.5. The van der Waals surface area contributed by atoms with Gasteiger partial charge in [0.2, 0.25) is 17.7 Å². The molecular formula is C47H62F2N5O7PS. The van der Waals surface area contributed by atoms with Crippen molar-refractivity contribution in [2.45, 2.75) is 158 Å². The van der Waals surface area contributed by atoms with E-state index in [1.54, 1.807) is 24.0 Å². The summed E-state index contributed by atoms with van der Waals surface area (Å²) in [6.07, 6.45) is 6.91. The molecule has 16 heteroatoms. The van der Waals surface area contributed by atoms with Crippen LogP contribution >= 0.6 is 18.9 Å². The Balaban J connectivity index is 1.02.